The fraction of sp³-hybridized carbons (Fsp3) is 0.390. The van der Waals surface area contributed by atoms with Crippen molar-refractivity contribution in [3.63, 3.8) is 0 Å². The van der Waals surface area contributed by atoms with Crippen LogP contribution in [-0.4, -0.2) is 53.9 Å². The smallest absolute Gasteiger partial charge is 0.236 e. The number of carbonyl (C=O) groups excluding carboxylic acids is 2. The molecule has 0 unspecified atom stereocenters. The molecular weight excluding hydrogens is 683 g/mol. The van der Waals surface area contributed by atoms with Gasteiger partial charge in [0.2, 0.25) is 17.7 Å². The second-order valence-electron chi connectivity index (χ2n) is 14.6. The normalized spacial score (nSPS) is 20.8. The summed E-state index contributed by atoms with van der Waals surface area (Å²) in [5.74, 6) is 1.83. The van der Waals surface area contributed by atoms with Crippen LogP contribution in [0.2, 0.25) is 10.0 Å². The summed E-state index contributed by atoms with van der Waals surface area (Å²) in [6, 6.07) is 23.0. The number of halogens is 2. The molecule has 2 atom stereocenters. The molecule has 4 aliphatic rings. The summed E-state index contributed by atoms with van der Waals surface area (Å²) in [4.78, 5) is 30.3. The fourth-order valence-corrected chi connectivity index (χ4v) is 8.97. The standard InChI is InChI=1S/C41H42Cl2N4O4/c1-50-39-28(22-47-23-41(24-47)17-16-37(49)46-41)19-35(42)40(45-39)51-36-15-14-32-31(5-3-6-33(32)36)34-7-2-4-30(38(34)43)27-11-8-25(9-12-27)20-44-21-26-10-13-29(48)18-26/h2-9,11-12,19,26,36,44H,10,13-18,20-24H2,1H3,(H,46,49)/t26-,36+/m1/s1. The number of hydrogen-bond acceptors (Lipinski definition) is 7. The number of amides is 1. The molecule has 3 aromatic carbocycles. The number of hydrogen-bond donors (Lipinski definition) is 2. The monoisotopic (exact) mass is 724 g/mol. The van der Waals surface area contributed by atoms with E-state index in [1.807, 2.05) is 6.07 Å². The Morgan fingerprint density at radius 2 is 1.73 bits per heavy atom. The van der Waals surface area contributed by atoms with Gasteiger partial charge < -0.3 is 20.1 Å². The summed E-state index contributed by atoms with van der Waals surface area (Å²) in [5, 5.41) is 7.82. The van der Waals surface area contributed by atoms with Gasteiger partial charge in [-0.25, -0.2) is 0 Å². The zero-order valence-corrected chi connectivity index (χ0v) is 30.3. The Kier molecular flexibility index (Phi) is 9.53. The summed E-state index contributed by atoms with van der Waals surface area (Å²) < 4.78 is 12.2. The van der Waals surface area contributed by atoms with Crippen molar-refractivity contribution >= 4 is 34.9 Å². The Morgan fingerprint density at radius 1 is 0.941 bits per heavy atom. The number of ether oxygens (including phenoxy) is 2. The van der Waals surface area contributed by atoms with Crippen LogP contribution < -0.4 is 20.1 Å². The van der Waals surface area contributed by atoms with Gasteiger partial charge in [0.1, 0.15) is 16.9 Å². The average molecular weight is 726 g/mol. The van der Waals surface area contributed by atoms with Gasteiger partial charge in [0.05, 0.1) is 17.7 Å². The van der Waals surface area contributed by atoms with Crippen LogP contribution in [0.1, 0.15) is 66.9 Å². The molecule has 51 heavy (non-hydrogen) atoms. The Balaban J connectivity index is 0.956. The van der Waals surface area contributed by atoms with E-state index in [1.54, 1.807) is 7.11 Å². The molecule has 3 heterocycles. The highest BCUT2D eigenvalue weighted by molar-refractivity contribution is 6.36. The topological polar surface area (TPSA) is 92.8 Å². The number of carbonyl (C=O) groups is 2. The number of ketones is 1. The molecule has 1 aromatic heterocycles. The van der Waals surface area contributed by atoms with Gasteiger partial charge in [-0.1, -0.05) is 83.9 Å². The second-order valence-corrected chi connectivity index (χ2v) is 15.4. The molecule has 2 aliphatic heterocycles. The number of Topliss-reactive ketones (excluding diaryl/α,β-unsaturated/α-hetero) is 1. The van der Waals surface area contributed by atoms with E-state index >= 15 is 0 Å². The third-order valence-electron chi connectivity index (χ3n) is 11.0. The number of benzene rings is 3. The summed E-state index contributed by atoms with van der Waals surface area (Å²) in [6.45, 7) is 3.90. The summed E-state index contributed by atoms with van der Waals surface area (Å²) in [7, 11) is 1.61. The Labute approximate surface area is 308 Å². The van der Waals surface area contributed by atoms with Crippen molar-refractivity contribution in [2.75, 3.05) is 26.7 Å². The number of pyridine rings is 1. The third kappa shape index (κ3) is 6.99. The number of likely N-dealkylation sites (tertiary alicyclic amines) is 1. The van der Waals surface area contributed by atoms with Crippen molar-refractivity contribution in [2.24, 2.45) is 5.92 Å². The number of aromatic nitrogens is 1. The molecule has 0 bridgehead atoms. The first-order valence-corrected chi connectivity index (χ1v) is 18.7. The Morgan fingerprint density at radius 3 is 2.47 bits per heavy atom. The van der Waals surface area contributed by atoms with Crippen LogP contribution in [0.4, 0.5) is 0 Å². The largest absolute Gasteiger partial charge is 0.481 e. The first-order valence-electron chi connectivity index (χ1n) is 17.9. The van der Waals surface area contributed by atoms with Gasteiger partial charge >= 0.3 is 0 Å². The van der Waals surface area contributed by atoms with Gasteiger partial charge in [0.15, 0.2) is 0 Å². The molecule has 1 saturated carbocycles. The number of nitrogens with one attached hydrogen (secondary N) is 2. The van der Waals surface area contributed by atoms with Crippen molar-refractivity contribution in [2.45, 2.75) is 69.7 Å². The number of nitrogens with zero attached hydrogens (tertiary/aromatic N) is 2. The highest BCUT2D eigenvalue weighted by Crippen LogP contribution is 2.45. The highest BCUT2D eigenvalue weighted by atomic mass is 35.5. The van der Waals surface area contributed by atoms with E-state index in [1.165, 1.54) is 11.1 Å². The fourth-order valence-electron chi connectivity index (χ4n) is 8.42. The summed E-state index contributed by atoms with van der Waals surface area (Å²) in [5.41, 5.74) is 8.49. The van der Waals surface area contributed by atoms with Gasteiger partial charge in [-0.3, -0.25) is 14.5 Å². The van der Waals surface area contributed by atoms with Gasteiger partial charge in [0.25, 0.3) is 0 Å². The third-order valence-corrected chi connectivity index (χ3v) is 11.7. The maximum absolute atomic E-state index is 11.8. The molecule has 8 nitrogen and oxygen atoms in total. The van der Waals surface area contributed by atoms with E-state index in [0.717, 1.165) is 96.7 Å². The Bertz CT molecular complexity index is 1980. The molecule has 2 saturated heterocycles. The molecule has 2 aliphatic carbocycles. The molecule has 4 aromatic rings. The van der Waals surface area contributed by atoms with Crippen LogP contribution in [0, 0.1) is 5.92 Å². The van der Waals surface area contributed by atoms with E-state index in [2.05, 4.69) is 76.2 Å². The lowest BCUT2D eigenvalue weighted by molar-refractivity contribution is -0.121. The number of methoxy groups -OCH3 is 1. The zero-order valence-electron chi connectivity index (χ0n) is 28.8. The lowest BCUT2D eigenvalue weighted by Gasteiger charge is -2.48. The predicted octanol–water partition coefficient (Wildman–Crippen LogP) is 7.72. The lowest BCUT2D eigenvalue weighted by Crippen LogP contribution is -2.66. The molecule has 1 amide bonds. The summed E-state index contributed by atoms with van der Waals surface area (Å²) in [6.07, 6.45) is 5.33. The van der Waals surface area contributed by atoms with Crippen molar-refractivity contribution in [3.8, 4) is 34.0 Å². The molecule has 10 heteroatoms. The van der Waals surface area contributed by atoms with Gasteiger partial charge in [-0.2, -0.15) is 4.98 Å². The minimum Gasteiger partial charge on any atom is -0.481 e. The quantitative estimate of drug-likeness (QED) is 0.164. The minimum absolute atomic E-state index is 0.0896. The summed E-state index contributed by atoms with van der Waals surface area (Å²) >= 11 is 14.0. The predicted molar refractivity (Wildman–Crippen MR) is 199 cm³/mol. The van der Waals surface area contributed by atoms with E-state index in [4.69, 9.17) is 37.7 Å². The first-order chi connectivity index (χ1) is 24.8. The van der Waals surface area contributed by atoms with Crippen LogP contribution in [0.5, 0.6) is 11.8 Å². The van der Waals surface area contributed by atoms with Crippen LogP contribution in [0.15, 0.2) is 66.7 Å². The molecule has 3 fully saturated rings. The van der Waals surface area contributed by atoms with Crippen molar-refractivity contribution in [1.29, 1.82) is 0 Å². The maximum Gasteiger partial charge on any atom is 0.236 e. The number of rotatable bonds is 11. The lowest BCUT2D eigenvalue weighted by atomic mass is 9.88. The van der Waals surface area contributed by atoms with Gasteiger partial charge in [-0.15, -0.1) is 0 Å². The second kappa shape index (κ2) is 14.2. The van der Waals surface area contributed by atoms with Gasteiger partial charge in [0, 0.05) is 62.1 Å². The van der Waals surface area contributed by atoms with Crippen LogP contribution >= 0.6 is 23.2 Å². The highest BCUT2D eigenvalue weighted by Gasteiger charge is 2.47. The van der Waals surface area contributed by atoms with E-state index in [0.29, 0.717) is 47.9 Å². The van der Waals surface area contributed by atoms with Crippen LogP contribution in [-0.2, 0) is 29.1 Å². The molecule has 2 N–H and O–H groups in total. The molecule has 0 radical (unpaired) electrons. The molecular formula is C41H42Cl2N4O4. The Hall–Kier alpha value is -3.95. The zero-order chi connectivity index (χ0) is 35.1. The number of fused-ring (bicyclic) bond motifs is 1. The van der Waals surface area contributed by atoms with Crippen LogP contribution in [0.3, 0.4) is 0 Å². The van der Waals surface area contributed by atoms with Crippen molar-refractivity contribution in [1.82, 2.24) is 20.5 Å². The molecule has 8 rings (SSSR count). The molecule has 264 valence electrons. The molecule has 1 spiro atoms. The van der Waals surface area contributed by atoms with Crippen LogP contribution in [0.25, 0.3) is 22.3 Å². The first kappa shape index (κ1) is 34.2. The average Bonchev–Trinajstić information content (AvgIpc) is 3.84. The maximum atomic E-state index is 11.8. The van der Waals surface area contributed by atoms with E-state index in [9.17, 15) is 9.59 Å². The van der Waals surface area contributed by atoms with Gasteiger partial charge in [-0.05, 0) is 72.0 Å². The van der Waals surface area contributed by atoms with Crippen molar-refractivity contribution < 1.29 is 19.1 Å². The minimum atomic E-state index is -0.209. The van der Waals surface area contributed by atoms with Crippen molar-refractivity contribution in [3.05, 3.63) is 99.0 Å². The SMILES string of the molecule is COc1nc(O[C@H]2CCc3c(-c4cccc(-c5ccc(CNC[C@@H]6CCC(=O)C6)cc5)c4Cl)cccc32)c(Cl)cc1CN1CC2(CCC(=O)N2)C1. The van der Waals surface area contributed by atoms with E-state index < -0.39 is 0 Å². The van der Waals surface area contributed by atoms with E-state index in [-0.39, 0.29) is 17.6 Å².